The van der Waals surface area contributed by atoms with Gasteiger partial charge in [0.05, 0.1) is 0 Å². The number of aromatic nitrogens is 1. The van der Waals surface area contributed by atoms with Crippen LogP contribution in [0.1, 0.15) is 23.4 Å². The van der Waals surface area contributed by atoms with Crippen molar-refractivity contribution in [3.05, 3.63) is 42.2 Å². The minimum Gasteiger partial charge on any atom is -0.350 e. The lowest BCUT2D eigenvalue weighted by Gasteiger charge is -2.23. The summed E-state index contributed by atoms with van der Waals surface area (Å²) in [6, 6.07) is 11.5. The Balaban J connectivity index is 0.00000161. The average Bonchev–Trinajstić information content (AvgIpc) is 2.99. The summed E-state index contributed by atoms with van der Waals surface area (Å²) in [4.78, 5) is 12.1. The van der Waals surface area contributed by atoms with Gasteiger partial charge in [-0.1, -0.05) is 35.5 Å². The van der Waals surface area contributed by atoms with Gasteiger partial charge in [-0.3, -0.25) is 4.79 Å². The Labute approximate surface area is 129 Å². The molecule has 0 aliphatic carbocycles. The van der Waals surface area contributed by atoms with Gasteiger partial charge in [-0.25, -0.2) is 0 Å². The van der Waals surface area contributed by atoms with Crippen LogP contribution in [0.3, 0.4) is 0 Å². The smallest absolute Gasteiger partial charge is 0.290 e. The third kappa shape index (κ3) is 3.83. The van der Waals surface area contributed by atoms with E-state index in [1.165, 1.54) is 0 Å². The monoisotopic (exact) mass is 307 g/mol. The van der Waals surface area contributed by atoms with E-state index in [4.69, 9.17) is 4.52 Å². The van der Waals surface area contributed by atoms with Crippen LogP contribution in [0.15, 0.2) is 40.9 Å². The fraction of sp³-hybridized carbons (Fsp3) is 0.333. The zero-order chi connectivity index (χ0) is 13.8. The Bertz CT molecular complexity index is 580. The molecular formula is C15H18ClN3O2. The predicted molar refractivity (Wildman–Crippen MR) is 82.5 cm³/mol. The molecular weight excluding hydrogens is 290 g/mol. The van der Waals surface area contributed by atoms with Crippen molar-refractivity contribution in [1.82, 2.24) is 15.8 Å². The number of halogens is 1. The maximum Gasteiger partial charge on any atom is 0.290 e. The van der Waals surface area contributed by atoms with E-state index < -0.39 is 0 Å². The normalized spacial score (nSPS) is 17.8. The summed E-state index contributed by atoms with van der Waals surface area (Å²) in [5.74, 6) is 0.0582. The summed E-state index contributed by atoms with van der Waals surface area (Å²) in [6.07, 6.45) is 2.08. The van der Waals surface area contributed by atoms with Crippen LogP contribution in [0.2, 0.25) is 0 Å². The van der Waals surface area contributed by atoms with Crippen LogP contribution >= 0.6 is 12.4 Å². The lowest BCUT2D eigenvalue weighted by Crippen LogP contribution is -2.45. The van der Waals surface area contributed by atoms with Gasteiger partial charge in [-0.05, 0) is 19.4 Å². The number of piperidine rings is 1. The van der Waals surface area contributed by atoms with Crippen LogP contribution in [-0.2, 0) is 0 Å². The molecule has 2 aromatic rings. The zero-order valence-corrected chi connectivity index (χ0v) is 12.4. The lowest BCUT2D eigenvalue weighted by molar-refractivity contribution is 0.0893. The molecule has 2 N–H and O–H groups in total. The highest BCUT2D eigenvalue weighted by atomic mass is 35.5. The first-order valence-corrected chi connectivity index (χ1v) is 6.86. The van der Waals surface area contributed by atoms with Gasteiger partial charge in [0.1, 0.15) is 5.69 Å². The number of rotatable bonds is 3. The van der Waals surface area contributed by atoms with Gasteiger partial charge in [0.2, 0.25) is 5.76 Å². The van der Waals surface area contributed by atoms with E-state index in [9.17, 15) is 4.79 Å². The van der Waals surface area contributed by atoms with Crippen molar-refractivity contribution in [3.63, 3.8) is 0 Å². The van der Waals surface area contributed by atoms with Crippen molar-refractivity contribution in [2.75, 3.05) is 13.1 Å². The standard InChI is InChI=1S/C15H17N3O2.ClH/c19-15(17-12-7-4-8-16-10-12)14-9-13(18-20-14)11-5-2-1-3-6-11;/h1-3,5-6,9,12,16H,4,7-8,10H2,(H,17,19);1H. The summed E-state index contributed by atoms with van der Waals surface area (Å²) >= 11 is 0. The van der Waals surface area contributed by atoms with E-state index in [2.05, 4.69) is 15.8 Å². The molecule has 0 bridgehead atoms. The minimum absolute atomic E-state index is 0. The maximum absolute atomic E-state index is 12.1. The molecule has 1 atom stereocenters. The van der Waals surface area contributed by atoms with Gasteiger partial charge in [0.15, 0.2) is 0 Å². The molecule has 3 rings (SSSR count). The molecule has 1 saturated heterocycles. The number of nitrogens with one attached hydrogen (secondary N) is 2. The molecule has 0 spiro atoms. The lowest BCUT2D eigenvalue weighted by atomic mass is 10.1. The molecule has 1 amide bonds. The van der Waals surface area contributed by atoms with Gasteiger partial charge in [0, 0.05) is 24.2 Å². The predicted octanol–water partition coefficient (Wildman–Crippen LogP) is 2.25. The van der Waals surface area contributed by atoms with E-state index in [-0.39, 0.29) is 30.1 Å². The van der Waals surface area contributed by atoms with Crippen LogP contribution in [0, 0.1) is 0 Å². The van der Waals surface area contributed by atoms with Crippen LogP contribution in [0.25, 0.3) is 11.3 Å². The highest BCUT2D eigenvalue weighted by molar-refractivity contribution is 5.92. The van der Waals surface area contributed by atoms with E-state index in [1.807, 2.05) is 30.3 Å². The van der Waals surface area contributed by atoms with Crippen molar-refractivity contribution in [3.8, 4) is 11.3 Å². The van der Waals surface area contributed by atoms with Crippen LogP contribution in [0.5, 0.6) is 0 Å². The van der Waals surface area contributed by atoms with Crippen molar-refractivity contribution in [2.24, 2.45) is 0 Å². The van der Waals surface area contributed by atoms with E-state index in [0.717, 1.165) is 31.5 Å². The summed E-state index contributed by atoms with van der Waals surface area (Å²) in [6.45, 7) is 1.83. The molecule has 21 heavy (non-hydrogen) atoms. The molecule has 0 radical (unpaired) electrons. The number of hydrogen-bond acceptors (Lipinski definition) is 4. The summed E-state index contributed by atoms with van der Waals surface area (Å²) in [5.41, 5.74) is 1.62. The summed E-state index contributed by atoms with van der Waals surface area (Å²) < 4.78 is 5.14. The third-order valence-electron chi connectivity index (χ3n) is 3.44. The molecule has 0 saturated carbocycles. The highest BCUT2D eigenvalue weighted by Gasteiger charge is 2.19. The van der Waals surface area contributed by atoms with Crippen molar-refractivity contribution in [1.29, 1.82) is 0 Å². The maximum atomic E-state index is 12.1. The quantitative estimate of drug-likeness (QED) is 0.912. The number of carbonyl (C=O) groups is 1. The Morgan fingerprint density at radius 1 is 1.33 bits per heavy atom. The number of hydrogen-bond donors (Lipinski definition) is 2. The van der Waals surface area contributed by atoms with Crippen molar-refractivity contribution < 1.29 is 9.32 Å². The number of benzene rings is 1. The topological polar surface area (TPSA) is 67.2 Å². The molecule has 5 nitrogen and oxygen atoms in total. The van der Waals surface area contributed by atoms with Crippen LogP contribution in [0.4, 0.5) is 0 Å². The van der Waals surface area contributed by atoms with Crippen molar-refractivity contribution >= 4 is 18.3 Å². The van der Waals surface area contributed by atoms with Gasteiger partial charge >= 0.3 is 0 Å². The zero-order valence-electron chi connectivity index (χ0n) is 11.5. The minimum atomic E-state index is -0.201. The number of amides is 1. The molecule has 1 aromatic heterocycles. The van der Waals surface area contributed by atoms with Crippen LogP contribution in [-0.4, -0.2) is 30.2 Å². The molecule has 112 valence electrons. The van der Waals surface area contributed by atoms with E-state index >= 15 is 0 Å². The molecule has 6 heteroatoms. The second kappa shape index (κ2) is 7.24. The SMILES string of the molecule is Cl.O=C(NC1CCCNC1)c1cc(-c2ccccc2)no1. The molecule has 1 aliphatic rings. The third-order valence-corrected chi connectivity index (χ3v) is 3.44. The Kier molecular flexibility index (Phi) is 5.36. The Hall–Kier alpha value is -1.85. The number of carbonyl (C=O) groups excluding carboxylic acids is 1. The van der Waals surface area contributed by atoms with Gasteiger partial charge in [-0.15, -0.1) is 12.4 Å². The molecule has 1 unspecified atom stereocenters. The fourth-order valence-corrected chi connectivity index (χ4v) is 2.36. The Morgan fingerprint density at radius 3 is 2.86 bits per heavy atom. The van der Waals surface area contributed by atoms with Crippen LogP contribution < -0.4 is 10.6 Å². The summed E-state index contributed by atoms with van der Waals surface area (Å²) in [5, 5.41) is 10.2. The number of nitrogens with zero attached hydrogens (tertiary/aromatic N) is 1. The first-order chi connectivity index (χ1) is 9.83. The Morgan fingerprint density at radius 2 is 2.14 bits per heavy atom. The first kappa shape index (κ1) is 15.5. The highest BCUT2D eigenvalue weighted by Crippen LogP contribution is 2.18. The molecule has 2 heterocycles. The molecule has 1 fully saturated rings. The molecule has 1 aromatic carbocycles. The molecule has 1 aliphatic heterocycles. The fourth-order valence-electron chi connectivity index (χ4n) is 2.36. The van der Waals surface area contributed by atoms with Crippen molar-refractivity contribution in [2.45, 2.75) is 18.9 Å². The van der Waals surface area contributed by atoms with E-state index in [1.54, 1.807) is 6.07 Å². The van der Waals surface area contributed by atoms with Gasteiger partial charge < -0.3 is 15.2 Å². The average molecular weight is 308 g/mol. The van der Waals surface area contributed by atoms with Gasteiger partial charge in [0.25, 0.3) is 5.91 Å². The summed E-state index contributed by atoms with van der Waals surface area (Å²) in [7, 11) is 0. The second-order valence-corrected chi connectivity index (χ2v) is 4.96. The largest absolute Gasteiger partial charge is 0.350 e. The first-order valence-electron chi connectivity index (χ1n) is 6.86. The van der Waals surface area contributed by atoms with Gasteiger partial charge in [-0.2, -0.15) is 0 Å². The second-order valence-electron chi connectivity index (χ2n) is 4.96. The van der Waals surface area contributed by atoms with E-state index in [0.29, 0.717) is 5.69 Å².